The molecule has 0 aliphatic carbocycles. The standard InChI is InChI=1S/C16H29N3O4/c1-16(2,3)23-15(22)19-6-4-5-13(12-19)11-17-7-9-18(10-8-17)14(20)21/h13H,4-12H2,1-3H3,(H,20,21). The summed E-state index contributed by atoms with van der Waals surface area (Å²) in [7, 11) is 0. The predicted molar refractivity (Wildman–Crippen MR) is 86.6 cm³/mol. The molecule has 0 aromatic carbocycles. The molecule has 7 nitrogen and oxygen atoms in total. The summed E-state index contributed by atoms with van der Waals surface area (Å²) in [5, 5.41) is 8.98. The van der Waals surface area contributed by atoms with Crippen LogP contribution >= 0.6 is 0 Å². The van der Waals surface area contributed by atoms with Crippen LogP contribution in [-0.4, -0.2) is 83.4 Å². The van der Waals surface area contributed by atoms with Gasteiger partial charge in [-0.1, -0.05) is 0 Å². The number of likely N-dealkylation sites (tertiary alicyclic amines) is 1. The molecule has 0 aromatic rings. The Bertz CT molecular complexity index is 428. The molecule has 0 aromatic heterocycles. The molecule has 23 heavy (non-hydrogen) atoms. The number of carbonyl (C=O) groups is 2. The molecule has 2 heterocycles. The van der Waals surface area contributed by atoms with Crippen LogP contribution in [0.25, 0.3) is 0 Å². The fourth-order valence-electron chi connectivity index (χ4n) is 3.19. The molecule has 2 saturated heterocycles. The van der Waals surface area contributed by atoms with E-state index in [9.17, 15) is 9.59 Å². The van der Waals surface area contributed by atoms with E-state index in [1.807, 2.05) is 25.7 Å². The summed E-state index contributed by atoms with van der Waals surface area (Å²) in [5.74, 6) is 0.438. The van der Waals surface area contributed by atoms with E-state index in [2.05, 4.69) is 4.90 Å². The lowest BCUT2D eigenvalue weighted by atomic mass is 9.97. The van der Waals surface area contributed by atoms with Crippen molar-refractivity contribution in [1.82, 2.24) is 14.7 Å². The Labute approximate surface area is 138 Å². The second kappa shape index (κ2) is 7.38. The number of rotatable bonds is 2. The summed E-state index contributed by atoms with van der Waals surface area (Å²) < 4.78 is 5.46. The number of nitrogens with zero attached hydrogens (tertiary/aromatic N) is 3. The van der Waals surface area contributed by atoms with E-state index in [1.54, 1.807) is 0 Å². The van der Waals surface area contributed by atoms with E-state index < -0.39 is 11.7 Å². The van der Waals surface area contributed by atoms with Crippen molar-refractivity contribution in [2.45, 2.75) is 39.2 Å². The van der Waals surface area contributed by atoms with Crippen molar-refractivity contribution in [3.63, 3.8) is 0 Å². The van der Waals surface area contributed by atoms with Crippen LogP contribution in [0.1, 0.15) is 33.6 Å². The van der Waals surface area contributed by atoms with Gasteiger partial charge in [0.05, 0.1) is 0 Å². The van der Waals surface area contributed by atoms with Gasteiger partial charge in [-0.3, -0.25) is 4.90 Å². The Balaban J connectivity index is 1.78. The molecule has 2 aliphatic heterocycles. The molecule has 2 aliphatic rings. The van der Waals surface area contributed by atoms with Gasteiger partial charge in [0.1, 0.15) is 5.60 Å². The summed E-state index contributed by atoms with van der Waals surface area (Å²) in [5.41, 5.74) is -0.461. The molecule has 2 fully saturated rings. The molecule has 2 rings (SSSR count). The van der Waals surface area contributed by atoms with Crippen molar-refractivity contribution < 1.29 is 19.4 Å². The van der Waals surface area contributed by atoms with Gasteiger partial charge in [-0.2, -0.15) is 0 Å². The van der Waals surface area contributed by atoms with E-state index in [1.165, 1.54) is 4.90 Å². The van der Waals surface area contributed by atoms with Gasteiger partial charge in [0.15, 0.2) is 0 Å². The Morgan fingerprint density at radius 1 is 1.09 bits per heavy atom. The zero-order valence-corrected chi connectivity index (χ0v) is 14.5. The van der Waals surface area contributed by atoms with Crippen molar-refractivity contribution in [2.75, 3.05) is 45.8 Å². The summed E-state index contributed by atoms with van der Waals surface area (Å²) in [6, 6.07) is 0. The highest BCUT2D eigenvalue weighted by molar-refractivity contribution is 5.68. The van der Waals surface area contributed by atoms with Crippen LogP contribution in [0.3, 0.4) is 0 Å². The van der Waals surface area contributed by atoms with Gasteiger partial charge in [-0.15, -0.1) is 0 Å². The third-order valence-corrected chi connectivity index (χ3v) is 4.33. The number of piperazine rings is 1. The molecular formula is C16H29N3O4. The molecule has 1 N–H and O–H groups in total. The van der Waals surface area contributed by atoms with Crippen molar-refractivity contribution >= 4 is 12.2 Å². The van der Waals surface area contributed by atoms with Crippen molar-refractivity contribution in [1.29, 1.82) is 0 Å². The van der Waals surface area contributed by atoms with E-state index in [0.717, 1.165) is 45.6 Å². The lowest BCUT2D eigenvalue weighted by Crippen LogP contribution is -2.51. The predicted octanol–water partition coefficient (Wildman–Crippen LogP) is 1.93. The van der Waals surface area contributed by atoms with Crippen LogP contribution in [0.5, 0.6) is 0 Å². The fraction of sp³-hybridized carbons (Fsp3) is 0.875. The second-order valence-corrected chi connectivity index (χ2v) is 7.50. The molecule has 1 atom stereocenters. The van der Waals surface area contributed by atoms with Crippen LogP contribution in [0, 0.1) is 5.92 Å². The molecule has 0 spiro atoms. The van der Waals surface area contributed by atoms with E-state index in [0.29, 0.717) is 19.0 Å². The van der Waals surface area contributed by atoms with Gasteiger partial charge in [0.25, 0.3) is 0 Å². The van der Waals surface area contributed by atoms with Crippen molar-refractivity contribution in [3.8, 4) is 0 Å². The SMILES string of the molecule is CC(C)(C)OC(=O)N1CCCC(CN2CCN(C(=O)O)CC2)C1. The van der Waals surface area contributed by atoms with E-state index in [-0.39, 0.29) is 6.09 Å². The largest absolute Gasteiger partial charge is 0.465 e. The average Bonchev–Trinajstić information content (AvgIpc) is 2.46. The lowest BCUT2D eigenvalue weighted by Gasteiger charge is -2.38. The fourth-order valence-corrected chi connectivity index (χ4v) is 3.19. The first-order chi connectivity index (χ1) is 10.7. The van der Waals surface area contributed by atoms with Crippen LogP contribution in [0.2, 0.25) is 0 Å². The molecule has 2 amide bonds. The topological polar surface area (TPSA) is 73.3 Å². The summed E-state index contributed by atoms with van der Waals surface area (Å²) in [6.07, 6.45) is 1.05. The Kier molecular flexibility index (Phi) is 5.73. The van der Waals surface area contributed by atoms with Gasteiger partial charge in [-0.25, -0.2) is 9.59 Å². The Hall–Kier alpha value is -1.50. The highest BCUT2D eigenvalue weighted by atomic mass is 16.6. The molecule has 7 heteroatoms. The quantitative estimate of drug-likeness (QED) is 0.839. The summed E-state index contributed by atoms with van der Waals surface area (Å²) in [4.78, 5) is 28.7. The minimum atomic E-state index is -0.835. The Morgan fingerprint density at radius 2 is 1.74 bits per heavy atom. The maximum Gasteiger partial charge on any atom is 0.410 e. The maximum atomic E-state index is 12.2. The zero-order chi connectivity index (χ0) is 17.0. The lowest BCUT2D eigenvalue weighted by molar-refractivity contribution is 0.0130. The molecule has 132 valence electrons. The first kappa shape index (κ1) is 17.8. The third kappa shape index (κ3) is 5.57. The normalized spacial score (nSPS) is 23.7. The average molecular weight is 327 g/mol. The number of hydrogen-bond donors (Lipinski definition) is 1. The molecule has 0 bridgehead atoms. The Morgan fingerprint density at radius 3 is 2.30 bits per heavy atom. The number of carbonyl (C=O) groups excluding carboxylic acids is 1. The highest BCUT2D eigenvalue weighted by Crippen LogP contribution is 2.20. The highest BCUT2D eigenvalue weighted by Gasteiger charge is 2.29. The van der Waals surface area contributed by atoms with Crippen molar-refractivity contribution in [2.24, 2.45) is 5.92 Å². The minimum absolute atomic E-state index is 0.224. The molecule has 1 unspecified atom stereocenters. The first-order valence-corrected chi connectivity index (χ1v) is 8.43. The smallest absolute Gasteiger partial charge is 0.410 e. The molecule has 0 radical (unpaired) electrons. The van der Waals surface area contributed by atoms with E-state index >= 15 is 0 Å². The minimum Gasteiger partial charge on any atom is -0.465 e. The molecule has 0 saturated carbocycles. The van der Waals surface area contributed by atoms with Gasteiger partial charge in [-0.05, 0) is 39.5 Å². The van der Waals surface area contributed by atoms with Crippen LogP contribution in [-0.2, 0) is 4.74 Å². The van der Waals surface area contributed by atoms with Gasteiger partial charge in [0.2, 0.25) is 0 Å². The molecular weight excluding hydrogens is 298 g/mol. The summed E-state index contributed by atoms with van der Waals surface area (Å²) in [6.45, 7) is 10.7. The van der Waals surface area contributed by atoms with Crippen molar-refractivity contribution in [3.05, 3.63) is 0 Å². The number of carboxylic acid groups (broad SMARTS) is 1. The maximum absolute atomic E-state index is 12.2. The zero-order valence-electron chi connectivity index (χ0n) is 14.5. The third-order valence-electron chi connectivity index (χ3n) is 4.33. The first-order valence-electron chi connectivity index (χ1n) is 8.43. The monoisotopic (exact) mass is 327 g/mol. The van der Waals surface area contributed by atoms with Crippen LogP contribution in [0.4, 0.5) is 9.59 Å². The van der Waals surface area contributed by atoms with E-state index in [4.69, 9.17) is 9.84 Å². The number of piperidine rings is 1. The summed E-state index contributed by atoms with van der Waals surface area (Å²) >= 11 is 0. The van der Waals surface area contributed by atoms with Gasteiger partial charge >= 0.3 is 12.2 Å². The number of ether oxygens (including phenoxy) is 1. The van der Waals surface area contributed by atoms with Gasteiger partial charge < -0.3 is 19.6 Å². The van der Waals surface area contributed by atoms with Gasteiger partial charge in [0, 0.05) is 45.8 Å². The van der Waals surface area contributed by atoms with Crippen LogP contribution < -0.4 is 0 Å². The van der Waals surface area contributed by atoms with Crippen LogP contribution in [0.15, 0.2) is 0 Å². The number of amides is 2. The second-order valence-electron chi connectivity index (χ2n) is 7.50. The number of hydrogen-bond acceptors (Lipinski definition) is 4.